The number of rotatable bonds is 6. The fourth-order valence-corrected chi connectivity index (χ4v) is 2.97. The Hall–Kier alpha value is -3.28. The Labute approximate surface area is 159 Å². The first-order valence-corrected chi connectivity index (χ1v) is 8.85. The molecule has 140 valence electrons. The molecule has 0 amide bonds. The molecule has 0 aliphatic carbocycles. The Bertz CT molecular complexity index is 899. The van der Waals surface area contributed by atoms with Crippen LogP contribution in [0.15, 0.2) is 64.1 Å². The van der Waals surface area contributed by atoms with Crippen LogP contribution in [0, 0.1) is 13.8 Å². The summed E-state index contributed by atoms with van der Waals surface area (Å²) in [6.45, 7) is 6.47. The standard InChI is InChI=1S/C21H24N4O2/c1-14(20-15(2)25-27-16(20)3)13-23-21(22)24-17-8-7-11-19(12-17)26-18-9-5-4-6-10-18/h4-12,14H,13H2,1-3H3,(H3,22,23,24). The SMILES string of the molecule is Cc1noc(C)c1C(C)CN=C(N)Nc1cccc(Oc2ccccc2)c1. The number of aryl methyl sites for hydroxylation is 2. The molecule has 2 aromatic carbocycles. The molecule has 1 unspecified atom stereocenters. The molecule has 1 aromatic heterocycles. The predicted octanol–water partition coefficient (Wildman–Crippen LogP) is 4.61. The van der Waals surface area contributed by atoms with Crippen LogP contribution in [-0.2, 0) is 0 Å². The maximum Gasteiger partial charge on any atom is 0.193 e. The Morgan fingerprint density at radius 3 is 2.59 bits per heavy atom. The molecule has 0 radical (unpaired) electrons. The van der Waals surface area contributed by atoms with E-state index in [1.807, 2.05) is 68.4 Å². The van der Waals surface area contributed by atoms with Gasteiger partial charge in [-0.25, -0.2) is 0 Å². The molecule has 0 saturated carbocycles. The van der Waals surface area contributed by atoms with E-state index in [-0.39, 0.29) is 5.92 Å². The fourth-order valence-electron chi connectivity index (χ4n) is 2.97. The van der Waals surface area contributed by atoms with Crippen LogP contribution in [0.1, 0.15) is 29.9 Å². The van der Waals surface area contributed by atoms with Gasteiger partial charge in [0.2, 0.25) is 0 Å². The third kappa shape index (κ3) is 4.88. The Kier molecular flexibility index (Phi) is 5.76. The second-order valence-corrected chi connectivity index (χ2v) is 6.43. The van der Waals surface area contributed by atoms with Gasteiger partial charge in [0.05, 0.1) is 5.69 Å². The summed E-state index contributed by atoms with van der Waals surface area (Å²) in [5.74, 6) is 2.86. The van der Waals surface area contributed by atoms with Crippen LogP contribution in [0.25, 0.3) is 0 Å². The zero-order valence-electron chi connectivity index (χ0n) is 15.8. The van der Waals surface area contributed by atoms with E-state index in [9.17, 15) is 0 Å². The molecule has 3 N–H and O–H groups in total. The van der Waals surface area contributed by atoms with E-state index < -0.39 is 0 Å². The van der Waals surface area contributed by atoms with Crippen molar-refractivity contribution in [2.24, 2.45) is 10.7 Å². The molecule has 3 rings (SSSR count). The van der Waals surface area contributed by atoms with Crippen molar-refractivity contribution in [1.29, 1.82) is 0 Å². The normalized spacial score (nSPS) is 12.6. The van der Waals surface area contributed by atoms with Gasteiger partial charge < -0.3 is 20.3 Å². The van der Waals surface area contributed by atoms with Crippen LogP contribution in [-0.4, -0.2) is 17.7 Å². The number of nitrogens with two attached hydrogens (primary N) is 1. The van der Waals surface area contributed by atoms with Crippen molar-refractivity contribution in [2.75, 3.05) is 11.9 Å². The molecule has 0 aliphatic heterocycles. The summed E-state index contributed by atoms with van der Waals surface area (Å²) in [5, 5.41) is 7.10. The first kappa shape index (κ1) is 18.5. The van der Waals surface area contributed by atoms with Gasteiger partial charge in [-0.05, 0) is 38.1 Å². The molecule has 0 bridgehead atoms. The van der Waals surface area contributed by atoms with Gasteiger partial charge in [-0.1, -0.05) is 36.3 Å². The molecule has 6 nitrogen and oxygen atoms in total. The minimum absolute atomic E-state index is 0.171. The van der Waals surface area contributed by atoms with Gasteiger partial charge in [-0.15, -0.1) is 0 Å². The lowest BCUT2D eigenvalue weighted by atomic mass is 10.00. The van der Waals surface area contributed by atoms with E-state index in [1.54, 1.807) is 0 Å². The number of hydrogen-bond donors (Lipinski definition) is 2. The van der Waals surface area contributed by atoms with Crippen molar-refractivity contribution in [1.82, 2.24) is 5.16 Å². The number of guanidine groups is 1. The van der Waals surface area contributed by atoms with E-state index in [0.717, 1.165) is 34.2 Å². The van der Waals surface area contributed by atoms with E-state index in [4.69, 9.17) is 15.0 Å². The lowest BCUT2D eigenvalue weighted by molar-refractivity contribution is 0.391. The molecule has 1 heterocycles. The number of anilines is 1. The van der Waals surface area contributed by atoms with E-state index >= 15 is 0 Å². The van der Waals surface area contributed by atoms with Gasteiger partial charge in [0, 0.05) is 29.8 Å². The first-order valence-electron chi connectivity index (χ1n) is 8.85. The highest BCUT2D eigenvalue weighted by molar-refractivity contribution is 5.92. The van der Waals surface area contributed by atoms with Gasteiger partial charge in [0.15, 0.2) is 5.96 Å². The summed E-state index contributed by atoms with van der Waals surface area (Å²) in [6.07, 6.45) is 0. The lowest BCUT2D eigenvalue weighted by Crippen LogP contribution is -2.23. The third-order valence-corrected chi connectivity index (χ3v) is 4.20. The van der Waals surface area contributed by atoms with Gasteiger partial charge in [0.1, 0.15) is 17.3 Å². The van der Waals surface area contributed by atoms with E-state index in [0.29, 0.717) is 12.5 Å². The second kappa shape index (κ2) is 8.40. The number of para-hydroxylation sites is 1. The minimum Gasteiger partial charge on any atom is -0.457 e. The Balaban J connectivity index is 1.62. The zero-order chi connectivity index (χ0) is 19.2. The van der Waals surface area contributed by atoms with E-state index in [2.05, 4.69) is 22.4 Å². The lowest BCUT2D eigenvalue weighted by Gasteiger charge is -2.11. The van der Waals surface area contributed by atoms with Crippen molar-refractivity contribution >= 4 is 11.6 Å². The highest BCUT2D eigenvalue weighted by Gasteiger charge is 2.16. The van der Waals surface area contributed by atoms with Crippen LogP contribution in [0.3, 0.4) is 0 Å². The summed E-state index contributed by atoms with van der Waals surface area (Å²) in [6, 6.07) is 17.2. The Morgan fingerprint density at radius 1 is 1.15 bits per heavy atom. The average molecular weight is 364 g/mol. The number of nitrogens with zero attached hydrogens (tertiary/aromatic N) is 2. The number of hydrogen-bond acceptors (Lipinski definition) is 4. The topological polar surface area (TPSA) is 85.7 Å². The number of aromatic nitrogens is 1. The van der Waals surface area contributed by atoms with Crippen LogP contribution >= 0.6 is 0 Å². The summed E-state index contributed by atoms with van der Waals surface area (Å²) in [4.78, 5) is 4.44. The van der Waals surface area contributed by atoms with E-state index in [1.165, 1.54) is 0 Å². The summed E-state index contributed by atoms with van der Waals surface area (Å²) in [7, 11) is 0. The highest BCUT2D eigenvalue weighted by atomic mass is 16.5. The molecular formula is C21H24N4O2. The largest absolute Gasteiger partial charge is 0.457 e. The average Bonchev–Trinajstić information content (AvgIpc) is 2.99. The smallest absolute Gasteiger partial charge is 0.193 e. The van der Waals surface area contributed by atoms with Crippen LogP contribution < -0.4 is 15.8 Å². The first-order chi connectivity index (χ1) is 13.0. The molecule has 27 heavy (non-hydrogen) atoms. The summed E-state index contributed by atoms with van der Waals surface area (Å²) >= 11 is 0. The monoisotopic (exact) mass is 364 g/mol. The number of aliphatic imine (C=N–C) groups is 1. The Morgan fingerprint density at radius 2 is 1.89 bits per heavy atom. The molecule has 6 heteroatoms. The predicted molar refractivity (Wildman–Crippen MR) is 107 cm³/mol. The zero-order valence-corrected chi connectivity index (χ0v) is 15.8. The third-order valence-electron chi connectivity index (χ3n) is 4.20. The van der Waals surface area contributed by atoms with Gasteiger partial charge in [-0.2, -0.15) is 0 Å². The molecule has 0 aliphatic rings. The molecule has 3 aromatic rings. The van der Waals surface area contributed by atoms with Crippen molar-refractivity contribution in [3.05, 3.63) is 71.6 Å². The number of benzene rings is 2. The number of ether oxygens (including phenoxy) is 1. The molecule has 1 atom stereocenters. The summed E-state index contributed by atoms with van der Waals surface area (Å²) < 4.78 is 11.1. The van der Waals surface area contributed by atoms with Crippen LogP contribution in [0.5, 0.6) is 11.5 Å². The van der Waals surface area contributed by atoms with Crippen molar-refractivity contribution in [2.45, 2.75) is 26.7 Å². The maximum atomic E-state index is 6.05. The quantitative estimate of drug-likeness (QED) is 0.492. The van der Waals surface area contributed by atoms with Crippen LogP contribution in [0.4, 0.5) is 5.69 Å². The molecule has 0 spiro atoms. The minimum atomic E-state index is 0.171. The maximum absolute atomic E-state index is 6.05. The van der Waals surface area contributed by atoms with Crippen molar-refractivity contribution < 1.29 is 9.26 Å². The number of nitrogens with one attached hydrogen (secondary N) is 1. The van der Waals surface area contributed by atoms with Crippen LogP contribution in [0.2, 0.25) is 0 Å². The van der Waals surface area contributed by atoms with Gasteiger partial charge >= 0.3 is 0 Å². The highest BCUT2D eigenvalue weighted by Crippen LogP contribution is 2.25. The van der Waals surface area contributed by atoms with Crippen molar-refractivity contribution in [3.8, 4) is 11.5 Å². The second-order valence-electron chi connectivity index (χ2n) is 6.43. The summed E-state index contributed by atoms with van der Waals surface area (Å²) in [5.41, 5.74) is 8.84. The molecular weight excluding hydrogens is 340 g/mol. The van der Waals surface area contributed by atoms with Crippen molar-refractivity contribution in [3.63, 3.8) is 0 Å². The fraction of sp³-hybridized carbons (Fsp3) is 0.238. The van der Waals surface area contributed by atoms with Gasteiger partial charge in [0.25, 0.3) is 0 Å². The molecule has 0 saturated heterocycles. The molecule has 0 fully saturated rings. The van der Waals surface area contributed by atoms with Gasteiger partial charge in [-0.3, -0.25) is 4.99 Å².